The molecule has 0 aromatic heterocycles. The predicted octanol–water partition coefficient (Wildman–Crippen LogP) is 11.0. The van der Waals surface area contributed by atoms with Crippen LogP contribution in [0.2, 0.25) is 0 Å². The third-order valence-electron chi connectivity index (χ3n) is 9.59. The number of carbonyl (C=O) groups excluding carboxylic acids is 3. The SMILES string of the molecule is CC/C=C/C/C=C/C/C=C/CCCCCCCCCCCCCC(=O)OCC(COCCC(C(=O)[O-])[N+](C)(C)C)OC(=O)CCCC/C=C/C/C=C/C/C=C/CC. The van der Waals surface area contributed by atoms with Crippen LogP contribution in [0.4, 0.5) is 0 Å². The molecule has 8 heteroatoms. The van der Waals surface area contributed by atoms with Gasteiger partial charge in [-0.3, -0.25) is 9.59 Å². The van der Waals surface area contributed by atoms with E-state index in [1.807, 2.05) is 0 Å². The van der Waals surface area contributed by atoms with E-state index in [1.165, 1.54) is 57.8 Å². The van der Waals surface area contributed by atoms with Gasteiger partial charge in [0.1, 0.15) is 12.6 Å². The summed E-state index contributed by atoms with van der Waals surface area (Å²) in [5.41, 5.74) is 0. The lowest BCUT2D eigenvalue weighted by atomic mass is 10.0. The highest BCUT2D eigenvalue weighted by Gasteiger charge is 2.25. The van der Waals surface area contributed by atoms with Crippen molar-refractivity contribution in [3.63, 3.8) is 0 Å². The number of carbonyl (C=O) groups is 3. The summed E-state index contributed by atoms with van der Waals surface area (Å²) in [6, 6.07) is -0.735. The number of unbranched alkanes of at least 4 members (excludes halogenated alkanes) is 13. The fourth-order valence-electron chi connectivity index (χ4n) is 6.16. The van der Waals surface area contributed by atoms with Crippen LogP contribution >= 0.6 is 0 Å². The Bertz CT molecular complexity index is 1160. The molecule has 0 saturated carbocycles. The van der Waals surface area contributed by atoms with E-state index in [0.717, 1.165) is 70.6 Å². The van der Waals surface area contributed by atoms with Gasteiger partial charge in [-0.25, -0.2) is 0 Å². The Kier molecular flexibility index (Phi) is 37.3. The van der Waals surface area contributed by atoms with Crippen molar-refractivity contribution < 1.29 is 38.2 Å². The molecule has 326 valence electrons. The van der Waals surface area contributed by atoms with Crippen LogP contribution in [0.25, 0.3) is 0 Å². The maximum absolute atomic E-state index is 12.7. The fraction of sp³-hybridized carbons (Fsp3) is 0.694. The molecule has 0 rings (SSSR count). The standard InChI is InChI=1S/C49H83NO7/c1-6-8-10-12-14-16-18-20-21-22-23-24-25-26-27-28-30-31-33-35-37-39-47(51)56-44-45(43-55-42-41-46(49(53)54)50(3,4)5)57-48(52)40-38-36-34-32-29-19-17-15-13-11-9-7-2/h8-11,14-17,20-21,29,32,45-46H,6-7,12-13,18-19,22-28,30-31,33-44H2,1-5H3/b10-8+,11-9+,16-14+,17-15+,21-20+,32-29+. The minimum Gasteiger partial charge on any atom is -0.544 e. The van der Waals surface area contributed by atoms with Gasteiger partial charge in [-0.15, -0.1) is 0 Å². The van der Waals surface area contributed by atoms with Crippen LogP contribution < -0.4 is 5.11 Å². The van der Waals surface area contributed by atoms with E-state index in [1.54, 1.807) is 21.1 Å². The minimum absolute atomic E-state index is 0.0214. The second kappa shape index (κ2) is 39.6. The molecule has 0 spiro atoms. The fourth-order valence-corrected chi connectivity index (χ4v) is 6.16. The first-order valence-corrected chi connectivity index (χ1v) is 22.5. The number of quaternary nitrogens is 1. The highest BCUT2D eigenvalue weighted by molar-refractivity contribution is 5.70. The lowest BCUT2D eigenvalue weighted by Gasteiger charge is -2.34. The van der Waals surface area contributed by atoms with Crippen LogP contribution in [-0.4, -0.2) is 75.5 Å². The van der Waals surface area contributed by atoms with Crippen molar-refractivity contribution in [2.45, 2.75) is 180 Å². The van der Waals surface area contributed by atoms with Gasteiger partial charge in [0.25, 0.3) is 0 Å². The highest BCUT2D eigenvalue weighted by Crippen LogP contribution is 2.14. The lowest BCUT2D eigenvalue weighted by Crippen LogP contribution is -2.55. The van der Waals surface area contributed by atoms with E-state index >= 15 is 0 Å². The van der Waals surface area contributed by atoms with E-state index < -0.39 is 18.1 Å². The molecule has 8 nitrogen and oxygen atoms in total. The van der Waals surface area contributed by atoms with Crippen LogP contribution in [-0.2, 0) is 28.6 Å². The third-order valence-corrected chi connectivity index (χ3v) is 9.59. The van der Waals surface area contributed by atoms with Crippen molar-refractivity contribution in [2.24, 2.45) is 0 Å². The molecule has 0 fully saturated rings. The van der Waals surface area contributed by atoms with Crippen molar-refractivity contribution in [2.75, 3.05) is 41.0 Å². The van der Waals surface area contributed by atoms with Crippen LogP contribution in [0, 0.1) is 0 Å². The second-order valence-electron chi connectivity index (χ2n) is 15.9. The summed E-state index contributed by atoms with van der Waals surface area (Å²) >= 11 is 0. The van der Waals surface area contributed by atoms with Gasteiger partial charge in [0, 0.05) is 19.3 Å². The maximum atomic E-state index is 12.7. The molecule has 0 radical (unpaired) electrons. The normalized spacial score (nSPS) is 13.6. The number of aliphatic carboxylic acids is 1. The summed E-state index contributed by atoms with van der Waals surface area (Å²) in [6.45, 7) is 4.38. The number of rotatable bonds is 39. The lowest BCUT2D eigenvalue weighted by molar-refractivity contribution is -0.889. The van der Waals surface area contributed by atoms with Crippen molar-refractivity contribution in [3.8, 4) is 0 Å². The van der Waals surface area contributed by atoms with Crippen molar-refractivity contribution >= 4 is 17.9 Å². The Hall–Kier alpha value is -3.23. The molecule has 0 aromatic rings. The molecule has 0 aliphatic carbocycles. The molecule has 2 atom stereocenters. The van der Waals surface area contributed by atoms with Gasteiger partial charge in [-0.05, 0) is 77.0 Å². The van der Waals surface area contributed by atoms with Crippen molar-refractivity contribution in [3.05, 3.63) is 72.9 Å². The van der Waals surface area contributed by atoms with E-state index in [-0.39, 0.29) is 49.1 Å². The number of nitrogens with zero attached hydrogens (tertiary/aromatic N) is 1. The Morgan fingerprint density at radius 2 is 0.930 bits per heavy atom. The van der Waals surface area contributed by atoms with Gasteiger partial charge >= 0.3 is 11.9 Å². The summed E-state index contributed by atoms with van der Waals surface area (Å²) in [7, 11) is 5.38. The Morgan fingerprint density at radius 3 is 1.40 bits per heavy atom. The molecular formula is C49H83NO7. The molecule has 0 aliphatic heterocycles. The molecule has 0 N–H and O–H groups in total. The predicted molar refractivity (Wildman–Crippen MR) is 235 cm³/mol. The number of carboxylic acids is 1. The molecule has 57 heavy (non-hydrogen) atoms. The topological polar surface area (TPSA) is 102 Å². The largest absolute Gasteiger partial charge is 0.544 e. The molecule has 2 unspecified atom stereocenters. The van der Waals surface area contributed by atoms with Gasteiger partial charge in [-0.2, -0.15) is 0 Å². The quantitative estimate of drug-likeness (QED) is 0.0264. The number of likely N-dealkylation sites (N-methyl/N-ethyl adjacent to an activating group) is 1. The van der Waals surface area contributed by atoms with E-state index in [2.05, 4.69) is 86.8 Å². The van der Waals surface area contributed by atoms with Gasteiger partial charge in [0.05, 0.1) is 40.3 Å². The number of carboxylic acid groups (broad SMARTS) is 1. The number of ether oxygens (including phenoxy) is 3. The van der Waals surface area contributed by atoms with Gasteiger partial charge in [0.2, 0.25) is 0 Å². The number of hydrogen-bond donors (Lipinski definition) is 0. The van der Waals surface area contributed by atoms with E-state index in [4.69, 9.17) is 14.2 Å². The summed E-state index contributed by atoms with van der Waals surface area (Å²) in [5.74, 6) is -1.80. The zero-order chi connectivity index (χ0) is 42.1. The molecule has 0 aromatic carbocycles. The summed E-state index contributed by atoms with van der Waals surface area (Å²) in [5, 5.41) is 11.6. The Morgan fingerprint density at radius 1 is 0.526 bits per heavy atom. The van der Waals surface area contributed by atoms with Crippen LogP contribution in [0.5, 0.6) is 0 Å². The summed E-state index contributed by atoms with van der Waals surface area (Å²) < 4.78 is 17.1. The Balaban J connectivity index is 4.29. The number of allylic oxidation sites excluding steroid dienone is 12. The average molecular weight is 798 g/mol. The number of hydrogen-bond acceptors (Lipinski definition) is 7. The maximum Gasteiger partial charge on any atom is 0.306 e. The second-order valence-corrected chi connectivity index (χ2v) is 15.9. The first-order chi connectivity index (χ1) is 27.6. The minimum atomic E-state index is -1.13. The van der Waals surface area contributed by atoms with E-state index in [0.29, 0.717) is 12.8 Å². The van der Waals surface area contributed by atoms with Crippen molar-refractivity contribution in [1.29, 1.82) is 0 Å². The number of esters is 2. The van der Waals surface area contributed by atoms with Crippen LogP contribution in [0.15, 0.2) is 72.9 Å². The first kappa shape index (κ1) is 53.8. The van der Waals surface area contributed by atoms with Crippen LogP contribution in [0.3, 0.4) is 0 Å². The third kappa shape index (κ3) is 38.1. The molecule has 0 bridgehead atoms. The molecule has 0 heterocycles. The highest BCUT2D eigenvalue weighted by atomic mass is 16.6. The average Bonchev–Trinajstić information content (AvgIpc) is 3.17. The Labute approximate surface area is 349 Å². The monoisotopic (exact) mass is 798 g/mol. The first-order valence-electron chi connectivity index (χ1n) is 22.5. The van der Waals surface area contributed by atoms with Crippen molar-refractivity contribution in [1.82, 2.24) is 0 Å². The molecular weight excluding hydrogens is 715 g/mol. The smallest absolute Gasteiger partial charge is 0.306 e. The van der Waals surface area contributed by atoms with Gasteiger partial charge in [-0.1, -0.05) is 145 Å². The molecule has 0 amide bonds. The molecule has 0 aliphatic rings. The zero-order valence-electron chi connectivity index (χ0n) is 37.0. The van der Waals surface area contributed by atoms with E-state index in [9.17, 15) is 19.5 Å². The van der Waals surface area contributed by atoms with Gasteiger partial charge in [0.15, 0.2) is 6.10 Å². The van der Waals surface area contributed by atoms with Gasteiger partial charge < -0.3 is 28.6 Å². The summed E-state index contributed by atoms with van der Waals surface area (Å²) in [6.07, 6.45) is 49.4. The summed E-state index contributed by atoms with van der Waals surface area (Å²) in [4.78, 5) is 36.8. The molecule has 0 saturated heterocycles. The van der Waals surface area contributed by atoms with Crippen LogP contribution in [0.1, 0.15) is 168 Å². The zero-order valence-corrected chi connectivity index (χ0v) is 37.0.